The van der Waals surface area contributed by atoms with Crippen LogP contribution in [0, 0.1) is 5.82 Å². The minimum absolute atomic E-state index is 0.114. The van der Waals surface area contributed by atoms with Gasteiger partial charge < -0.3 is 15.2 Å². The summed E-state index contributed by atoms with van der Waals surface area (Å²) in [6, 6.07) is 3.39. The molecule has 8 heteroatoms. The minimum atomic E-state index is -3.86. The Balaban J connectivity index is 2.15. The Bertz CT molecular complexity index is 616. The van der Waals surface area contributed by atoms with E-state index in [0.29, 0.717) is 19.4 Å². The number of hydrogen-bond acceptors (Lipinski definition) is 5. The Labute approximate surface area is 136 Å². The molecule has 0 radical (unpaired) electrons. The molecule has 0 unspecified atom stereocenters. The molecule has 0 atom stereocenters. The molecule has 0 aliphatic heterocycles. The van der Waals surface area contributed by atoms with Gasteiger partial charge in [-0.05, 0) is 43.9 Å². The molecule has 1 aliphatic carbocycles. The number of methoxy groups -OCH3 is 1. The molecular weight excluding hydrogens is 323 g/mol. The van der Waals surface area contributed by atoms with Crippen LogP contribution in [0.2, 0.25) is 0 Å². The van der Waals surface area contributed by atoms with Crippen LogP contribution >= 0.6 is 0 Å². The normalized spacial score (nSPS) is 22.0. The molecule has 6 nitrogen and oxygen atoms in total. The summed E-state index contributed by atoms with van der Waals surface area (Å²) in [5, 5.41) is 0. The summed E-state index contributed by atoms with van der Waals surface area (Å²) in [5.41, 5.74) is 5.83. The number of nitrogens with two attached hydrogens (primary N) is 1. The summed E-state index contributed by atoms with van der Waals surface area (Å²) in [6.07, 6.45) is 2.90. The highest BCUT2D eigenvalue weighted by Gasteiger charge is 2.27. The highest BCUT2D eigenvalue weighted by atomic mass is 32.2. The Kier molecular flexibility index (Phi) is 6.34. The molecule has 0 spiro atoms. The Morgan fingerprint density at radius 2 is 1.96 bits per heavy atom. The standard InChI is InChI=1S/C15H23FN2O4S/c1-21-8-9-22-14-7-2-11(16)10-15(14)23(19,20)18-13-5-3-12(17)4-6-13/h2,7,10,12-13,18H,3-6,8-9,17H2,1H3. The number of nitrogens with one attached hydrogen (secondary N) is 1. The topological polar surface area (TPSA) is 90.6 Å². The van der Waals surface area contributed by atoms with E-state index in [-0.39, 0.29) is 29.3 Å². The van der Waals surface area contributed by atoms with Gasteiger partial charge in [-0.2, -0.15) is 0 Å². The molecule has 1 aromatic carbocycles. The number of hydrogen-bond donors (Lipinski definition) is 2. The predicted molar refractivity (Wildman–Crippen MR) is 84.3 cm³/mol. The molecular formula is C15H23FN2O4S. The van der Waals surface area contributed by atoms with Crippen LogP contribution in [0.4, 0.5) is 4.39 Å². The molecule has 0 saturated heterocycles. The summed E-state index contributed by atoms with van der Waals surface area (Å²) in [5.74, 6) is -0.515. The maximum absolute atomic E-state index is 13.5. The number of ether oxygens (including phenoxy) is 2. The number of rotatable bonds is 7. The van der Waals surface area contributed by atoms with E-state index in [1.165, 1.54) is 19.2 Å². The summed E-state index contributed by atoms with van der Waals surface area (Å²) >= 11 is 0. The number of halogens is 1. The lowest BCUT2D eigenvalue weighted by Crippen LogP contribution is -2.40. The first-order chi connectivity index (χ1) is 10.9. The molecule has 23 heavy (non-hydrogen) atoms. The van der Waals surface area contributed by atoms with Gasteiger partial charge in [0, 0.05) is 19.2 Å². The van der Waals surface area contributed by atoms with E-state index >= 15 is 0 Å². The molecule has 0 aromatic heterocycles. The largest absolute Gasteiger partial charge is 0.490 e. The van der Waals surface area contributed by atoms with Crippen molar-refractivity contribution in [3.8, 4) is 5.75 Å². The van der Waals surface area contributed by atoms with Crippen LogP contribution in [0.1, 0.15) is 25.7 Å². The molecule has 2 rings (SSSR count). The predicted octanol–water partition coefficient (Wildman–Crippen LogP) is 1.40. The highest BCUT2D eigenvalue weighted by Crippen LogP contribution is 2.26. The summed E-state index contributed by atoms with van der Waals surface area (Å²) in [7, 11) is -2.35. The van der Waals surface area contributed by atoms with Crippen molar-refractivity contribution in [2.24, 2.45) is 5.73 Å². The molecule has 1 aromatic rings. The average molecular weight is 346 g/mol. The molecule has 1 fully saturated rings. The smallest absolute Gasteiger partial charge is 0.244 e. The number of benzene rings is 1. The van der Waals surface area contributed by atoms with Crippen molar-refractivity contribution < 1.29 is 22.3 Å². The summed E-state index contributed by atoms with van der Waals surface area (Å²) in [6.45, 7) is 0.494. The zero-order valence-electron chi connectivity index (χ0n) is 13.1. The SMILES string of the molecule is COCCOc1ccc(F)cc1S(=O)(=O)NC1CCC(N)CC1. The van der Waals surface area contributed by atoms with Gasteiger partial charge in [0.15, 0.2) is 0 Å². The molecule has 130 valence electrons. The maximum atomic E-state index is 13.5. The zero-order valence-corrected chi connectivity index (χ0v) is 13.9. The van der Waals surface area contributed by atoms with E-state index < -0.39 is 15.8 Å². The average Bonchev–Trinajstić information content (AvgIpc) is 2.51. The van der Waals surface area contributed by atoms with E-state index in [0.717, 1.165) is 18.9 Å². The second-order valence-electron chi connectivity index (χ2n) is 5.67. The van der Waals surface area contributed by atoms with Crippen molar-refractivity contribution in [2.45, 2.75) is 42.7 Å². The second kappa shape index (κ2) is 8.05. The minimum Gasteiger partial charge on any atom is -0.490 e. The first-order valence-electron chi connectivity index (χ1n) is 7.61. The molecule has 3 N–H and O–H groups in total. The van der Waals surface area contributed by atoms with E-state index in [1.54, 1.807) is 0 Å². The molecule has 1 aliphatic rings. The fourth-order valence-electron chi connectivity index (χ4n) is 2.57. The molecule has 1 saturated carbocycles. The third-order valence-electron chi connectivity index (χ3n) is 3.83. The van der Waals surface area contributed by atoms with Crippen molar-refractivity contribution in [3.63, 3.8) is 0 Å². The van der Waals surface area contributed by atoms with Crippen molar-refractivity contribution in [1.29, 1.82) is 0 Å². The molecule has 0 bridgehead atoms. The van der Waals surface area contributed by atoms with Gasteiger partial charge in [0.25, 0.3) is 0 Å². The second-order valence-corrected chi connectivity index (χ2v) is 7.35. The van der Waals surface area contributed by atoms with E-state index in [1.807, 2.05) is 0 Å². The van der Waals surface area contributed by atoms with Gasteiger partial charge in [0.1, 0.15) is 23.1 Å². The fourth-order valence-corrected chi connectivity index (χ4v) is 4.03. The molecule has 0 heterocycles. The van der Waals surface area contributed by atoms with Crippen molar-refractivity contribution in [3.05, 3.63) is 24.0 Å². The van der Waals surface area contributed by atoms with Crippen molar-refractivity contribution in [2.75, 3.05) is 20.3 Å². The van der Waals surface area contributed by atoms with E-state index in [4.69, 9.17) is 15.2 Å². The van der Waals surface area contributed by atoms with Crippen molar-refractivity contribution >= 4 is 10.0 Å². The van der Waals surface area contributed by atoms with Crippen LogP contribution in [0.5, 0.6) is 5.75 Å². The van der Waals surface area contributed by atoms with Crippen LogP contribution in [0.3, 0.4) is 0 Å². The lowest BCUT2D eigenvalue weighted by molar-refractivity contribution is 0.144. The van der Waals surface area contributed by atoms with Crippen LogP contribution < -0.4 is 15.2 Å². The van der Waals surface area contributed by atoms with Crippen LogP contribution in [-0.2, 0) is 14.8 Å². The third-order valence-corrected chi connectivity index (χ3v) is 5.38. The van der Waals surface area contributed by atoms with Gasteiger partial charge in [-0.1, -0.05) is 0 Å². The van der Waals surface area contributed by atoms with Gasteiger partial charge in [-0.25, -0.2) is 17.5 Å². The Morgan fingerprint density at radius 1 is 1.26 bits per heavy atom. The third kappa shape index (κ3) is 5.13. The van der Waals surface area contributed by atoms with Gasteiger partial charge >= 0.3 is 0 Å². The van der Waals surface area contributed by atoms with E-state index in [9.17, 15) is 12.8 Å². The fraction of sp³-hybridized carbons (Fsp3) is 0.600. The first kappa shape index (κ1) is 18.1. The van der Waals surface area contributed by atoms with Crippen molar-refractivity contribution in [1.82, 2.24) is 4.72 Å². The first-order valence-corrected chi connectivity index (χ1v) is 9.10. The highest BCUT2D eigenvalue weighted by molar-refractivity contribution is 7.89. The summed E-state index contributed by atoms with van der Waals surface area (Å²) in [4.78, 5) is -0.191. The monoisotopic (exact) mass is 346 g/mol. The van der Waals surface area contributed by atoms with Crippen LogP contribution in [-0.4, -0.2) is 40.8 Å². The van der Waals surface area contributed by atoms with E-state index in [2.05, 4.69) is 4.72 Å². The number of sulfonamides is 1. The van der Waals surface area contributed by atoms with Gasteiger partial charge in [0.2, 0.25) is 10.0 Å². The molecule has 0 amide bonds. The van der Waals surface area contributed by atoms with Gasteiger partial charge in [-0.3, -0.25) is 0 Å². The Hall–Kier alpha value is -1.22. The lowest BCUT2D eigenvalue weighted by Gasteiger charge is -2.26. The van der Waals surface area contributed by atoms with Crippen LogP contribution in [0.15, 0.2) is 23.1 Å². The zero-order chi connectivity index (χ0) is 16.9. The summed E-state index contributed by atoms with van der Waals surface area (Å²) < 4.78 is 51.5. The van der Waals surface area contributed by atoms with Gasteiger partial charge in [-0.15, -0.1) is 0 Å². The quantitative estimate of drug-likeness (QED) is 0.728. The van der Waals surface area contributed by atoms with Crippen LogP contribution in [0.25, 0.3) is 0 Å². The Morgan fingerprint density at radius 3 is 2.61 bits per heavy atom. The lowest BCUT2D eigenvalue weighted by atomic mass is 9.93. The maximum Gasteiger partial charge on any atom is 0.244 e. The van der Waals surface area contributed by atoms with Gasteiger partial charge in [0.05, 0.1) is 6.61 Å².